The molecule has 1 aromatic heterocycles. The third kappa shape index (κ3) is 3.43. The van der Waals surface area contributed by atoms with Crippen LogP contribution in [-0.4, -0.2) is 56.0 Å². The van der Waals surface area contributed by atoms with Gasteiger partial charge in [0.25, 0.3) is 0 Å². The number of rotatable bonds is 2. The van der Waals surface area contributed by atoms with Gasteiger partial charge in [0.05, 0.1) is 12.2 Å². The van der Waals surface area contributed by atoms with Gasteiger partial charge >= 0.3 is 0 Å². The van der Waals surface area contributed by atoms with E-state index in [1.54, 1.807) is 4.57 Å². The number of ether oxygens (including phenoxy) is 1. The number of aliphatic hydroxyl groups is 4. The number of hydrogen-bond acceptors (Lipinski definition) is 7. The quantitative estimate of drug-likeness (QED) is 0.558. The van der Waals surface area contributed by atoms with E-state index in [2.05, 4.69) is 6.07 Å². The van der Waals surface area contributed by atoms with Gasteiger partial charge in [-0.15, -0.1) is 0 Å². The fourth-order valence-electron chi connectivity index (χ4n) is 3.83. The minimum absolute atomic E-state index is 0.233. The van der Waals surface area contributed by atoms with Crippen molar-refractivity contribution in [2.75, 3.05) is 6.61 Å². The van der Waals surface area contributed by atoms with E-state index in [4.69, 9.17) is 17.0 Å². The summed E-state index contributed by atoms with van der Waals surface area (Å²) in [5.41, 5.74) is 2.20. The van der Waals surface area contributed by atoms with E-state index in [1.807, 2.05) is 6.07 Å². The minimum atomic E-state index is -1.48. The molecule has 142 valence electrons. The number of aliphatic hydroxyl groups excluding tert-OH is 4. The Morgan fingerprint density at radius 2 is 1.81 bits per heavy atom. The van der Waals surface area contributed by atoms with Crippen LogP contribution in [0.15, 0.2) is 6.07 Å². The average Bonchev–Trinajstić information content (AvgIpc) is 2.62. The largest absolute Gasteiger partial charge is 0.394 e. The zero-order valence-corrected chi connectivity index (χ0v) is 15.2. The molecule has 2 heterocycles. The molecule has 0 spiro atoms. The molecule has 5 atom stereocenters. The van der Waals surface area contributed by atoms with Crippen LogP contribution >= 0.6 is 12.2 Å². The van der Waals surface area contributed by atoms with Gasteiger partial charge in [-0.3, -0.25) is 0 Å². The molecule has 1 aliphatic heterocycles. The molecule has 0 bridgehead atoms. The van der Waals surface area contributed by atoms with Crippen molar-refractivity contribution >= 4 is 12.2 Å². The van der Waals surface area contributed by atoms with Gasteiger partial charge in [0.15, 0.2) is 6.23 Å². The summed E-state index contributed by atoms with van der Waals surface area (Å²) in [6.07, 6.45) is -0.745. The monoisotopic (exact) mass is 380 g/mol. The fraction of sp³-hybridized carbons (Fsp3) is 0.667. The zero-order valence-electron chi connectivity index (χ0n) is 14.4. The van der Waals surface area contributed by atoms with Crippen LogP contribution in [0.1, 0.15) is 48.7 Å². The predicted molar refractivity (Wildman–Crippen MR) is 94.9 cm³/mol. The average molecular weight is 380 g/mol. The number of nitriles is 1. The first-order chi connectivity index (χ1) is 12.5. The van der Waals surface area contributed by atoms with E-state index in [1.165, 1.54) is 0 Å². The lowest BCUT2D eigenvalue weighted by Crippen LogP contribution is -2.56. The second-order valence-electron chi connectivity index (χ2n) is 6.95. The van der Waals surface area contributed by atoms with E-state index < -0.39 is 37.3 Å². The van der Waals surface area contributed by atoms with E-state index >= 15 is 0 Å². The molecule has 1 fully saturated rings. The highest BCUT2D eigenvalue weighted by Crippen LogP contribution is 2.33. The van der Waals surface area contributed by atoms with Crippen LogP contribution < -0.4 is 0 Å². The van der Waals surface area contributed by atoms with Gasteiger partial charge in [0.1, 0.15) is 35.1 Å². The molecule has 0 saturated carbocycles. The highest BCUT2D eigenvalue weighted by Gasteiger charge is 2.45. The van der Waals surface area contributed by atoms with Gasteiger partial charge in [0.2, 0.25) is 0 Å². The Bertz CT molecular complexity index is 757. The number of aromatic nitrogens is 1. The molecular weight excluding hydrogens is 356 g/mol. The number of hydrogen-bond donors (Lipinski definition) is 4. The molecule has 8 heteroatoms. The van der Waals surface area contributed by atoms with Gasteiger partial charge in [0, 0.05) is 5.69 Å². The van der Waals surface area contributed by atoms with E-state index in [0.717, 1.165) is 49.8 Å². The fourth-order valence-corrected chi connectivity index (χ4v) is 4.15. The Morgan fingerprint density at radius 3 is 2.46 bits per heavy atom. The normalized spacial score (nSPS) is 32.2. The summed E-state index contributed by atoms with van der Waals surface area (Å²) in [4.78, 5) is 0. The van der Waals surface area contributed by atoms with Crippen molar-refractivity contribution < 1.29 is 25.2 Å². The summed E-state index contributed by atoms with van der Waals surface area (Å²) in [6.45, 7) is -0.505. The van der Waals surface area contributed by atoms with Crippen molar-refractivity contribution in [3.63, 3.8) is 0 Å². The maximum atomic E-state index is 10.5. The lowest BCUT2D eigenvalue weighted by atomic mass is 9.94. The molecule has 2 aliphatic rings. The lowest BCUT2D eigenvalue weighted by Gasteiger charge is -2.42. The molecule has 1 aliphatic carbocycles. The maximum absolute atomic E-state index is 10.5. The van der Waals surface area contributed by atoms with Crippen LogP contribution in [0.4, 0.5) is 0 Å². The van der Waals surface area contributed by atoms with E-state index in [-0.39, 0.29) is 4.64 Å². The van der Waals surface area contributed by atoms with Crippen molar-refractivity contribution in [3.05, 3.63) is 27.5 Å². The molecule has 0 amide bonds. The topological polar surface area (TPSA) is 119 Å². The summed E-state index contributed by atoms with van der Waals surface area (Å²) in [6, 6.07) is 3.91. The highest BCUT2D eigenvalue weighted by atomic mass is 32.1. The number of pyridine rings is 1. The van der Waals surface area contributed by atoms with Crippen molar-refractivity contribution in [3.8, 4) is 6.07 Å². The van der Waals surface area contributed by atoms with Gasteiger partial charge in [-0.05, 0) is 37.3 Å². The molecule has 4 N–H and O–H groups in total. The molecule has 0 radical (unpaired) electrons. The smallest absolute Gasteiger partial charge is 0.164 e. The van der Waals surface area contributed by atoms with Crippen LogP contribution in [0, 0.1) is 16.0 Å². The second-order valence-corrected chi connectivity index (χ2v) is 7.34. The Hall–Kier alpha value is -1.34. The first-order valence-corrected chi connectivity index (χ1v) is 9.38. The summed E-state index contributed by atoms with van der Waals surface area (Å²) in [7, 11) is 0. The third-order valence-electron chi connectivity index (χ3n) is 5.28. The Morgan fingerprint density at radius 1 is 1.12 bits per heavy atom. The molecule has 0 aromatic carbocycles. The van der Waals surface area contributed by atoms with Crippen LogP contribution in [0.2, 0.25) is 0 Å². The molecular formula is C18H24N2O5S. The first-order valence-electron chi connectivity index (χ1n) is 8.97. The maximum Gasteiger partial charge on any atom is 0.164 e. The van der Waals surface area contributed by atoms with Crippen molar-refractivity contribution in [1.82, 2.24) is 4.57 Å². The Labute approximate surface area is 157 Å². The summed E-state index contributed by atoms with van der Waals surface area (Å²) >= 11 is 5.47. The van der Waals surface area contributed by atoms with Gasteiger partial charge in [-0.25, -0.2) is 0 Å². The molecule has 26 heavy (non-hydrogen) atoms. The van der Waals surface area contributed by atoms with Crippen molar-refractivity contribution in [1.29, 1.82) is 5.26 Å². The first kappa shape index (κ1) is 19.4. The standard InChI is InChI=1S/C18H24N2O5S/c19-8-11-7-10-5-3-1-2-4-6-12(10)20(18(11)26)17-16(24)15(23)14(22)13(9-21)25-17/h7,13-17,21-24H,1-6,9H2. The summed E-state index contributed by atoms with van der Waals surface area (Å²) in [5.74, 6) is 0. The Kier molecular flexibility index (Phi) is 6.07. The van der Waals surface area contributed by atoms with Crippen molar-refractivity contribution in [2.24, 2.45) is 0 Å². The number of aryl methyl sites for hydroxylation is 1. The van der Waals surface area contributed by atoms with E-state index in [9.17, 15) is 25.7 Å². The molecule has 7 nitrogen and oxygen atoms in total. The van der Waals surface area contributed by atoms with Crippen molar-refractivity contribution in [2.45, 2.75) is 69.2 Å². The summed E-state index contributed by atoms with van der Waals surface area (Å²) in [5, 5.41) is 49.6. The second kappa shape index (κ2) is 8.13. The summed E-state index contributed by atoms with van der Waals surface area (Å²) < 4.78 is 7.55. The number of nitrogens with zero attached hydrogens (tertiary/aromatic N) is 2. The molecule has 1 saturated heterocycles. The van der Waals surface area contributed by atoms with Crippen LogP contribution in [0.25, 0.3) is 0 Å². The van der Waals surface area contributed by atoms with Crippen LogP contribution in [0.5, 0.6) is 0 Å². The SMILES string of the molecule is N#Cc1cc2c(n(C3OC(CO)C(O)C(O)C3O)c1=S)CCCCCC2. The van der Waals surface area contributed by atoms with Gasteiger partial charge in [-0.2, -0.15) is 5.26 Å². The minimum Gasteiger partial charge on any atom is -0.394 e. The predicted octanol–water partition coefficient (Wildman–Crippen LogP) is 0.721. The molecule has 3 rings (SSSR count). The highest BCUT2D eigenvalue weighted by molar-refractivity contribution is 7.71. The molecule has 5 unspecified atom stereocenters. The lowest BCUT2D eigenvalue weighted by molar-refractivity contribution is -0.252. The van der Waals surface area contributed by atoms with Gasteiger partial charge < -0.3 is 29.7 Å². The van der Waals surface area contributed by atoms with Gasteiger partial charge in [-0.1, -0.05) is 25.1 Å². The zero-order chi connectivity index (χ0) is 18.8. The Balaban J connectivity index is 2.15. The van der Waals surface area contributed by atoms with E-state index in [0.29, 0.717) is 5.56 Å². The molecule has 1 aromatic rings. The van der Waals surface area contributed by atoms with Crippen LogP contribution in [-0.2, 0) is 17.6 Å². The third-order valence-corrected chi connectivity index (χ3v) is 5.70. The number of fused-ring (bicyclic) bond motifs is 1. The van der Waals surface area contributed by atoms with Crippen LogP contribution in [0.3, 0.4) is 0 Å².